The summed E-state index contributed by atoms with van der Waals surface area (Å²) < 4.78 is 0. The maximum atomic E-state index is 10.4. The van der Waals surface area contributed by atoms with Crippen molar-refractivity contribution >= 4 is 5.97 Å². The fourth-order valence-corrected chi connectivity index (χ4v) is 1.31. The van der Waals surface area contributed by atoms with E-state index in [1.165, 1.54) is 0 Å². The zero-order valence-corrected chi connectivity index (χ0v) is 5.87. The Bertz CT molecular complexity index is 149. The van der Waals surface area contributed by atoms with Gasteiger partial charge in [0.1, 0.15) is 6.04 Å². The van der Waals surface area contributed by atoms with Gasteiger partial charge in [0.25, 0.3) is 0 Å². The average molecular weight is 144 g/mol. The van der Waals surface area contributed by atoms with Gasteiger partial charge in [-0.05, 0) is 12.3 Å². The minimum Gasteiger partial charge on any atom is -0.480 e. The minimum absolute atomic E-state index is 0.143. The minimum atomic E-state index is -0.805. The van der Waals surface area contributed by atoms with Gasteiger partial charge >= 0.3 is 5.97 Å². The van der Waals surface area contributed by atoms with E-state index in [0.717, 1.165) is 6.42 Å². The smallest absolute Gasteiger partial charge is 0.321 e. The highest BCUT2D eigenvalue weighted by Gasteiger charge is 2.33. The van der Waals surface area contributed by atoms with Crippen LogP contribution in [0, 0.1) is 5.92 Å². The third kappa shape index (κ3) is 1.27. The lowest BCUT2D eigenvalue weighted by Crippen LogP contribution is -2.41. The Balaban J connectivity index is 2.54. The molecule has 0 aromatic carbocycles. The lowest BCUT2D eigenvalue weighted by atomic mass is 10.0. The van der Waals surface area contributed by atoms with E-state index in [0.29, 0.717) is 0 Å². The maximum Gasteiger partial charge on any atom is 0.321 e. The van der Waals surface area contributed by atoms with Crippen LogP contribution >= 0.6 is 0 Å². The van der Waals surface area contributed by atoms with E-state index in [2.05, 4.69) is 5.32 Å². The summed E-state index contributed by atoms with van der Waals surface area (Å²) in [4.78, 5) is 10.4. The van der Waals surface area contributed by atoms with Crippen molar-refractivity contribution in [2.24, 2.45) is 11.7 Å². The Morgan fingerprint density at radius 3 is 2.60 bits per heavy atom. The molecule has 4 nitrogen and oxygen atoms in total. The lowest BCUT2D eigenvalue weighted by molar-refractivity contribution is -0.140. The molecule has 1 heterocycles. The second kappa shape index (κ2) is 2.56. The molecule has 1 aliphatic rings. The van der Waals surface area contributed by atoms with Crippen LogP contribution in [-0.2, 0) is 4.79 Å². The molecule has 0 aliphatic carbocycles. The van der Waals surface area contributed by atoms with Gasteiger partial charge in [-0.2, -0.15) is 0 Å². The number of rotatable bonds is 1. The van der Waals surface area contributed by atoms with Crippen LogP contribution < -0.4 is 11.1 Å². The molecule has 0 saturated carbocycles. The fourth-order valence-electron chi connectivity index (χ4n) is 1.31. The Hall–Kier alpha value is -0.610. The molecule has 10 heavy (non-hydrogen) atoms. The molecule has 4 heteroatoms. The van der Waals surface area contributed by atoms with Crippen LogP contribution in [0.2, 0.25) is 0 Å². The van der Waals surface area contributed by atoms with Crippen LogP contribution in [0.25, 0.3) is 0 Å². The summed E-state index contributed by atoms with van der Waals surface area (Å²) >= 11 is 0. The molecular formula is C6H12N2O2. The van der Waals surface area contributed by atoms with Crippen molar-refractivity contribution in [1.29, 1.82) is 0 Å². The van der Waals surface area contributed by atoms with Gasteiger partial charge in [0, 0.05) is 0 Å². The Labute approximate surface area is 59.4 Å². The number of nitrogens with two attached hydrogens (primary N) is 1. The van der Waals surface area contributed by atoms with Crippen LogP contribution in [0.3, 0.4) is 0 Å². The van der Waals surface area contributed by atoms with Gasteiger partial charge < -0.3 is 10.8 Å². The van der Waals surface area contributed by atoms with Gasteiger partial charge in [-0.3, -0.25) is 10.1 Å². The van der Waals surface area contributed by atoms with E-state index < -0.39 is 12.0 Å². The third-order valence-corrected chi connectivity index (χ3v) is 1.85. The molecule has 1 fully saturated rings. The van der Waals surface area contributed by atoms with Crippen LogP contribution in [0.15, 0.2) is 0 Å². The number of carboxylic acid groups (broad SMARTS) is 1. The quantitative estimate of drug-likeness (QED) is 0.457. The molecule has 4 N–H and O–H groups in total. The number of nitrogens with one attached hydrogen (secondary N) is 1. The molecule has 0 spiro atoms. The molecule has 58 valence electrons. The largest absolute Gasteiger partial charge is 0.480 e. The summed E-state index contributed by atoms with van der Waals surface area (Å²) in [7, 11) is 0. The van der Waals surface area contributed by atoms with Crippen molar-refractivity contribution in [3.63, 3.8) is 0 Å². The molecule has 1 aliphatic heterocycles. The maximum absolute atomic E-state index is 10.4. The second-order valence-electron chi connectivity index (χ2n) is 2.80. The first-order valence-electron chi connectivity index (χ1n) is 3.35. The van der Waals surface area contributed by atoms with Crippen LogP contribution in [0.5, 0.6) is 0 Å². The predicted octanol–water partition coefficient (Wildman–Crippen LogP) is -0.646. The lowest BCUT2D eigenvalue weighted by Gasteiger charge is -2.08. The molecule has 1 rings (SSSR count). The monoisotopic (exact) mass is 144 g/mol. The molecular weight excluding hydrogens is 132 g/mol. The molecule has 0 aromatic rings. The molecule has 3 atom stereocenters. The highest BCUT2D eigenvalue weighted by atomic mass is 16.4. The number of hydrogen-bond acceptors (Lipinski definition) is 3. The van der Waals surface area contributed by atoms with Gasteiger partial charge in [-0.1, -0.05) is 6.92 Å². The number of hydrogen-bond donors (Lipinski definition) is 3. The van der Waals surface area contributed by atoms with E-state index >= 15 is 0 Å². The van der Waals surface area contributed by atoms with E-state index in [1.807, 2.05) is 6.92 Å². The highest BCUT2D eigenvalue weighted by Crippen LogP contribution is 2.16. The number of aliphatic carboxylic acids is 1. The van der Waals surface area contributed by atoms with E-state index in [1.54, 1.807) is 0 Å². The van der Waals surface area contributed by atoms with Crippen LogP contribution in [-0.4, -0.2) is 23.3 Å². The Morgan fingerprint density at radius 2 is 2.40 bits per heavy atom. The first kappa shape index (κ1) is 7.50. The van der Waals surface area contributed by atoms with Gasteiger partial charge in [0.05, 0.1) is 6.17 Å². The van der Waals surface area contributed by atoms with E-state index in [9.17, 15) is 4.79 Å². The normalized spacial score (nSPS) is 40.0. The first-order chi connectivity index (χ1) is 4.61. The summed E-state index contributed by atoms with van der Waals surface area (Å²) in [5, 5.41) is 11.4. The third-order valence-electron chi connectivity index (χ3n) is 1.85. The molecule has 1 saturated heterocycles. The zero-order chi connectivity index (χ0) is 7.72. The number of carbonyl (C=O) groups is 1. The van der Waals surface area contributed by atoms with Crippen LogP contribution in [0.4, 0.5) is 0 Å². The van der Waals surface area contributed by atoms with E-state index in [4.69, 9.17) is 10.8 Å². The zero-order valence-electron chi connectivity index (χ0n) is 5.87. The molecule has 0 aromatic heterocycles. The van der Waals surface area contributed by atoms with Gasteiger partial charge in [-0.15, -0.1) is 0 Å². The summed E-state index contributed by atoms with van der Waals surface area (Å²) in [5.41, 5.74) is 5.48. The molecule has 0 bridgehead atoms. The van der Waals surface area contributed by atoms with Crippen molar-refractivity contribution in [1.82, 2.24) is 5.32 Å². The SMILES string of the molecule is CC1CC(N)NC1C(=O)O. The number of carboxylic acids is 1. The van der Waals surface area contributed by atoms with Gasteiger partial charge in [0.2, 0.25) is 0 Å². The predicted molar refractivity (Wildman–Crippen MR) is 36.3 cm³/mol. The molecule has 0 radical (unpaired) electrons. The summed E-state index contributed by atoms with van der Waals surface area (Å²) in [6.45, 7) is 1.89. The van der Waals surface area contributed by atoms with Crippen LogP contribution in [0.1, 0.15) is 13.3 Å². The highest BCUT2D eigenvalue weighted by molar-refractivity contribution is 5.74. The van der Waals surface area contributed by atoms with Gasteiger partial charge in [-0.25, -0.2) is 0 Å². The first-order valence-corrected chi connectivity index (χ1v) is 3.35. The van der Waals surface area contributed by atoms with Crippen molar-refractivity contribution in [3.05, 3.63) is 0 Å². The fraction of sp³-hybridized carbons (Fsp3) is 0.833. The summed E-state index contributed by atoms with van der Waals surface area (Å²) in [6.07, 6.45) is 0.604. The second-order valence-corrected chi connectivity index (χ2v) is 2.80. The Morgan fingerprint density at radius 1 is 1.80 bits per heavy atom. The molecule has 0 amide bonds. The molecule has 3 unspecified atom stereocenters. The Kier molecular flexibility index (Phi) is 1.92. The van der Waals surface area contributed by atoms with E-state index in [-0.39, 0.29) is 12.1 Å². The average Bonchev–Trinajstić information content (AvgIpc) is 2.10. The van der Waals surface area contributed by atoms with Crippen molar-refractivity contribution in [2.45, 2.75) is 25.6 Å². The standard InChI is InChI=1S/C6H12N2O2/c1-3-2-4(7)8-5(3)6(9)10/h3-5,8H,2,7H2,1H3,(H,9,10). The van der Waals surface area contributed by atoms with Crippen molar-refractivity contribution < 1.29 is 9.90 Å². The summed E-state index contributed by atoms with van der Waals surface area (Å²) in [6, 6.07) is -0.449. The summed E-state index contributed by atoms with van der Waals surface area (Å²) in [5.74, 6) is -0.659. The van der Waals surface area contributed by atoms with Crippen molar-refractivity contribution in [2.75, 3.05) is 0 Å². The van der Waals surface area contributed by atoms with Gasteiger partial charge in [0.15, 0.2) is 0 Å². The topological polar surface area (TPSA) is 75.3 Å². The van der Waals surface area contributed by atoms with Crippen molar-refractivity contribution in [3.8, 4) is 0 Å².